The largest absolute Gasteiger partial charge is 0.394 e. The third kappa shape index (κ3) is 2.96. The summed E-state index contributed by atoms with van der Waals surface area (Å²) in [6, 6.07) is 0. The SMILES string of the molecule is CO[C@H]1[C@H](CO)OC(O)[C@@H]1O[C@@H]1OC[C@@H](O)[C@H](O)[C@H]1O. The van der Waals surface area contributed by atoms with Crippen LogP contribution in [0.4, 0.5) is 0 Å². The summed E-state index contributed by atoms with van der Waals surface area (Å²) < 4.78 is 20.6. The molecule has 9 heteroatoms. The average Bonchev–Trinajstić information content (AvgIpc) is 2.75. The van der Waals surface area contributed by atoms with Gasteiger partial charge in [0.2, 0.25) is 0 Å². The lowest BCUT2D eigenvalue weighted by Crippen LogP contribution is -2.56. The summed E-state index contributed by atoms with van der Waals surface area (Å²) in [6.07, 6.45) is -9.23. The molecule has 118 valence electrons. The molecule has 2 heterocycles. The predicted octanol–water partition coefficient (Wildman–Crippen LogP) is -3.46. The first kappa shape index (κ1) is 16.0. The molecule has 0 saturated carbocycles. The minimum absolute atomic E-state index is 0.215. The van der Waals surface area contributed by atoms with Crippen LogP contribution in [-0.4, -0.2) is 95.1 Å². The van der Waals surface area contributed by atoms with Crippen molar-refractivity contribution in [2.75, 3.05) is 20.3 Å². The van der Waals surface area contributed by atoms with Crippen LogP contribution in [0.1, 0.15) is 0 Å². The predicted molar refractivity (Wildman–Crippen MR) is 61.4 cm³/mol. The monoisotopic (exact) mass is 296 g/mol. The van der Waals surface area contributed by atoms with Crippen molar-refractivity contribution < 1.29 is 44.5 Å². The Morgan fingerprint density at radius 2 is 1.80 bits per heavy atom. The molecule has 9 nitrogen and oxygen atoms in total. The van der Waals surface area contributed by atoms with E-state index >= 15 is 0 Å². The Morgan fingerprint density at radius 3 is 2.40 bits per heavy atom. The maximum atomic E-state index is 9.76. The first-order chi connectivity index (χ1) is 9.49. The average molecular weight is 296 g/mol. The van der Waals surface area contributed by atoms with Crippen LogP contribution in [-0.2, 0) is 18.9 Å². The van der Waals surface area contributed by atoms with Crippen LogP contribution in [0.5, 0.6) is 0 Å². The van der Waals surface area contributed by atoms with E-state index in [1.165, 1.54) is 7.11 Å². The zero-order valence-electron chi connectivity index (χ0n) is 10.9. The highest BCUT2D eigenvalue weighted by Gasteiger charge is 2.48. The van der Waals surface area contributed by atoms with Gasteiger partial charge in [0.1, 0.15) is 36.6 Å². The van der Waals surface area contributed by atoms with Crippen molar-refractivity contribution in [3.63, 3.8) is 0 Å². The zero-order chi connectivity index (χ0) is 14.9. The highest BCUT2D eigenvalue weighted by atomic mass is 16.7. The minimum Gasteiger partial charge on any atom is -0.394 e. The maximum Gasteiger partial charge on any atom is 0.186 e. The van der Waals surface area contributed by atoms with Gasteiger partial charge in [0.25, 0.3) is 0 Å². The van der Waals surface area contributed by atoms with Gasteiger partial charge in [0.05, 0.1) is 13.2 Å². The number of hydrogen-bond donors (Lipinski definition) is 5. The van der Waals surface area contributed by atoms with Gasteiger partial charge in [-0.1, -0.05) is 0 Å². The number of ether oxygens (including phenoxy) is 4. The third-order valence-electron chi connectivity index (χ3n) is 3.48. The summed E-state index contributed by atoms with van der Waals surface area (Å²) >= 11 is 0. The van der Waals surface area contributed by atoms with Crippen molar-refractivity contribution in [2.45, 2.75) is 49.2 Å². The molecule has 0 bridgehead atoms. The van der Waals surface area contributed by atoms with Gasteiger partial charge >= 0.3 is 0 Å². The van der Waals surface area contributed by atoms with E-state index < -0.39 is 49.2 Å². The molecule has 0 aromatic carbocycles. The third-order valence-corrected chi connectivity index (χ3v) is 3.48. The Kier molecular flexibility index (Phi) is 5.29. The second-order valence-corrected chi connectivity index (χ2v) is 4.80. The van der Waals surface area contributed by atoms with E-state index in [0.717, 1.165) is 0 Å². The van der Waals surface area contributed by atoms with Gasteiger partial charge in [0, 0.05) is 7.11 Å². The zero-order valence-corrected chi connectivity index (χ0v) is 10.9. The molecule has 2 saturated heterocycles. The molecule has 0 amide bonds. The Hall–Kier alpha value is -0.360. The molecule has 2 aliphatic heterocycles. The van der Waals surface area contributed by atoms with Gasteiger partial charge in [-0.2, -0.15) is 0 Å². The van der Waals surface area contributed by atoms with Gasteiger partial charge in [-0.15, -0.1) is 0 Å². The van der Waals surface area contributed by atoms with E-state index in [0.29, 0.717) is 0 Å². The molecule has 1 unspecified atom stereocenters. The van der Waals surface area contributed by atoms with Crippen molar-refractivity contribution in [1.82, 2.24) is 0 Å². The normalized spacial score (nSPS) is 49.5. The Labute approximate surface area is 115 Å². The van der Waals surface area contributed by atoms with Crippen LogP contribution >= 0.6 is 0 Å². The Balaban J connectivity index is 2.01. The summed E-state index contributed by atoms with van der Waals surface area (Å²) in [5.41, 5.74) is 0. The molecule has 2 rings (SSSR count). The fourth-order valence-corrected chi connectivity index (χ4v) is 2.34. The van der Waals surface area contributed by atoms with Crippen molar-refractivity contribution in [3.8, 4) is 0 Å². The molecule has 0 aromatic heterocycles. The topological polar surface area (TPSA) is 138 Å². The molecule has 8 atom stereocenters. The number of rotatable bonds is 4. The summed E-state index contributed by atoms with van der Waals surface area (Å²) in [6.45, 7) is -0.585. The Morgan fingerprint density at radius 1 is 1.10 bits per heavy atom. The summed E-state index contributed by atoms with van der Waals surface area (Å²) in [4.78, 5) is 0. The van der Waals surface area contributed by atoms with Crippen LogP contribution in [0.3, 0.4) is 0 Å². The van der Waals surface area contributed by atoms with Crippen LogP contribution in [0.2, 0.25) is 0 Å². The molecular weight excluding hydrogens is 276 g/mol. The van der Waals surface area contributed by atoms with Crippen LogP contribution in [0, 0.1) is 0 Å². The minimum atomic E-state index is -1.48. The highest BCUT2D eigenvalue weighted by Crippen LogP contribution is 2.28. The lowest BCUT2D eigenvalue weighted by molar-refractivity contribution is -0.300. The number of methoxy groups -OCH3 is 1. The molecule has 0 aliphatic carbocycles. The quantitative estimate of drug-likeness (QED) is 0.358. The van der Waals surface area contributed by atoms with Gasteiger partial charge < -0.3 is 44.5 Å². The van der Waals surface area contributed by atoms with Crippen molar-refractivity contribution in [3.05, 3.63) is 0 Å². The van der Waals surface area contributed by atoms with Crippen molar-refractivity contribution in [1.29, 1.82) is 0 Å². The molecule has 0 spiro atoms. The molecule has 5 N–H and O–H groups in total. The van der Waals surface area contributed by atoms with Gasteiger partial charge in [-0.05, 0) is 0 Å². The lowest BCUT2D eigenvalue weighted by Gasteiger charge is -2.37. The maximum absolute atomic E-state index is 9.76. The van der Waals surface area contributed by atoms with E-state index in [1.807, 2.05) is 0 Å². The van der Waals surface area contributed by atoms with Crippen molar-refractivity contribution in [2.24, 2.45) is 0 Å². The van der Waals surface area contributed by atoms with Crippen LogP contribution < -0.4 is 0 Å². The van der Waals surface area contributed by atoms with E-state index in [4.69, 9.17) is 24.1 Å². The summed E-state index contributed by atoms with van der Waals surface area (Å²) in [5, 5.41) is 47.5. The molecule has 20 heavy (non-hydrogen) atoms. The van der Waals surface area contributed by atoms with E-state index in [1.54, 1.807) is 0 Å². The molecule has 0 aromatic rings. The first-order valence-electron chi connectivity index (χ1n) is 6.28. The Bertz CT molecular complexity index is 314. The van der Waals surface area contributed by atoms with E-state index in [9.17, 15) is 20.4 Å². The van der Waals surface area contributed by atoms with Crippen LogP contribution in [0.15, 0.2) is 0 Å². The molecule has 2 fully saturated rings. The fourth-order valence-electron chi connectivity index (χ4n) is 2.34. The van der Waals surface area contributed by atoms with Gasteiger partial charge in [-0.25, -0.2) is 0 Å². The second-order valence-electron chi connectivity index (χ2n) is 4.80. The van der Waals surface area contributed by atoms with E-state index in [2.05, 4.69) is 0 Å². The number of hydrogen-bond acceptors (Lipinski definition) is 9. The number of aliphatic hydroxyl groups is 5. The second kappa shape index (κ2) is 6.60. The van der Waals surface area contributed by atoms with Crippen molar-refractivity contribution >= 4 is 0 Å². The fraction of sp³-hybridized carbons (Fsp3) is 1.00. The number of aliphatic hydroxyl groups excluding tert-OH is 5. The summed E-state index contributed by atoms with van der Waals surface area (Å²) in [7, 11) is 1.36. The summed E-state index contributed by atoms with van der Waals surface area (Å²) in [5.74, 6) is 0. The van der Waals surface area contributed by atoms with Gasteiger partial charge in [-0.3, -0.25) is 0 Å². The van der Waals surface area contributed by atoms with Gasteiger partial charge in [0.15, 0.2) is 12.6 Å². The molecule has 2 aliphatic rings. The van der Waals surface area contributed by atoms with E-state index in [-0.39, 0.29) is 13.2 Å². The molecule has 0 radical (unpaired) electrons. The smallest absolute Gasteiger partial charge is 0.186 e. The van der Waals surface area contributed by atoms with Crippen LogP contribution in [0.25, 0.3) is 0 Å². The molecular formula is C11H20O9. The standard InChI is InChI=1S/C11H20O9/c1-17-8-5(2-12)19-10(16)9(8)20-11-7(15)6(14)4(13)3-18-11/h4-16H,2-3H2,1H3/t4-,5+,6+,7-,8+,9-,10?,11+/m1/s1. The first-order valence-corrected chi connectivity index (χ1v) is 6.28. The highest BCUT2D eigenvalue weighted by molar-refractivity contribution is 4.90. The lowest BCUT2D eigenvalue weighted by atomic mass is 10.1.